The highest BCUT2D eigenvalue weighted by Gasteiger charge is 2.44. The molecule has 0 aliphatic carbocycles. The van der Waals surface area contributed by atoms with Crippen molar-refractivity contribution in [2.45, 2.75) is 124 Å². The number of carbonyl (C=O) groups excluding carboxylic acids is 5. The molecule has 1 aromatic rings. The number of piperazine rings is 1. The molecule has 2 heterocycles. The number of amides is 3. The minimum atomic E-state index is -0.596. The summed E-state index contributed by atoms with van der Waals surface area (Å²) in [4.78, 5) is 77.5. The van der Waals surface area contributed by atoms with Gasteiger partial charge in [0, 0.05) is 98.7 Å². The van der Waals surface area contributed by atoms with Crippen molar-refractivity contribution in [1.29, 1.82) is 0 Å². The van der Waals surface area contributed by atoms with E-state index in [1.54, 1.807) is 45.2 Å². The van der Waals surface area contributed by atoms with Crippen LogP contribution in [-0.4, -0.2) is 147 Å². The molecular weight excluding hydrogens is 735 g/mol. The summed E-state index contributed by atoms with van der Waals surface area (Å²) in [5, 5.41) is 3.37. The standard InChI is InChI=1S/C46H77N5O7/c1-13-32(6)43(49(10)46(56)36(30(2)3)28-39(53)42(31(4)5)50-24-21-47-22-25-50)40(57-11)29-41(54)51-23-17-20-37(51)44(58-12)33(7)38(52)27-35(45(55)48(8)9)26-34-18-15-14-16-19-34/h14-16,18-19,30-33,35-37,40,42-44,47H,13,17,20-29H2,1-12H3/t32-,33-,35+,36-,37-,40?,42-,43-,44+/m0/s1. The lowest BCUT2D eigenvalue weighted by Crippen LogP contribution is -2.55. The Hall–Kier alpha value is -3.19. The molecule has 0 spiro atoms. The molecule has 1 N–H and O–H groups in total. The van der Waals surface area contributed by atoms with Crippen molar-refractivity contribution in [1.82, 2.24) is 24.9 Å². The van der Waals surface area contributed by atoms with Crippen LogP contribution in [0.15, 0.2) is 30.3 Å². The number of hydrogen-bond donors (Lipinski definition) is 1. The molecule has 328 valence electrons. The smallest absolute Gasteiger partial charge is 0.226 e. The Morgan fingerprint density at radius 3 is 1.98 bits per heavy atom. The monoisotopic (exact) mass is 812 g/mol. The molecule has 2 fully saturated rings. The number of ether oxygens (including phenoxy) is 2. The molecule has 0 radical (unpaired) electrons. The van der Waals surface area contributed by atoms with Gasteiger partial charge < -0.3 is 29.5 Å². The minimum absolute atomic E-state index is 0.00641. The summed E-state index contributed by atoms with van der Waals surface area (Å²) >= 11 is 0. The number of Topliss-reactive ketones (excluding diaryl/α,β-unsaturated/α-hetero) is 2. The molecule has 12 heteroatoms. The van der Waals surface area contributed by atoms with Gasteiger partial charge >= 0.3 is 0 Å². The second-order valence-corrected chi connectivity index (χ2v) is 17.9. The van der Waals surface area contributed by atoms with Crippen LogP contribution in [-0.2, 0) is 39.9 Å². The van der Waals surface area contributed by atoms with Gasteiger partial charge in [0.25, 0.3) is 0 Å². The van der Waals surface area contributed by atoms with Crippen molar-refractivity contribution in [2.24, 2.45) is 35.5 Å². The highest BCUT2D eigenvalue weighted by atomic mass is 16.5. The second-order valence-electron chi connectivity index (χ2n) is 17.9. The van der Waals surface area contributed by atoms with Crippen molar-refractivity contribution in [3.8, 4) is 0 Å². The number of nitrogens with one attached hydrogen (secondary N) is 1. The van der Waals surface area contributed by atoms with Crippen LogP contribution in [0, 0.1) is 35.5 Å². The van der Waals surface area contributed by atoms with Crippen LogP contribution in [0.2, 0.25) is 0 Å². The van der Waals surface area contributed by atoms with Gasteiger partial charge in [0.15, 0.2) is 5.78 Å². The van der Waals surface area contributed by atoms with E-state index in [-0.39, 0.29) is 78.4 Å². The van der Waals surface area contributed by atoms with Crippen LogP contribution in [0.1, 0.15) is 92.6 Å². The van der Waals surface area contributed by atoms with Gasteiger partial charge in [-0.25, -0.2) is 0 Å². The molecule has 2 aliphatic rings. The van der Waals surface area contributed by atoms with E-state index in [1.807, 2.05) is 56.0 Å². The number of rotatable bonds is 23. The SMILES string of the molecule is CC[C@H](C)[C@@H](C(CC(=O)N1CCC[C@H]1[C@H](OC)[C@@H](C)C(=O)C[C@@H](Cc1ccccc1)C(=O)N(C)C)OC)N(C)C(=O)[C@@H](CC(=O)[C@H](C(C)C)N1CCNCC1)C(C)C. The number of carbonyl (C=O) groups is 5. The molecule has 1 aromatic carbocycles. The average molecular weight is 812 g/mol. The van der Waals surface area contributed by atoms with Crippen LogP contribution in [0.4, 0.5) is 0 Å². The first-order valence-electron chi connectivity index (χ1n) is 21.9. The molecule has 0 bridgehead atoms. The average Bonchev–Trinajstić information content (AvgIpc) is 3.69. The maximum absolute atomic E-state index is 14.5. The zero-order valence-electron chi connectivity index (χ0n) is 37.9. The molecule has 3 amide bonds. The summed E-state index contributed by atoms with van der Waals surface area (Å²) in [5.74, 6) is -1.78. The third kappa shape index (κ3) is 12.9. The second kappa shape index (κ2) is 23.6. The van der Waals surface area contributed by atoms with Crippen molar-refractivity contribution in [2.75, 3.05) is 68.1 Å². The zero-order chi connectivity index (χ0) is 43.3. The summed E-state index contributed by atoms with van der Waals surface area (Å²) < 4.78 is 12.1. The highest BCUT2D eigenvalue weighted by molar-refractivity contribution is 5.90. The molecule has 2 aliphatic heterocycles. The van der Waals surface area contributed by atoms with Crippen LogP contribution in [0.5, 0.6) is 0 Å². The molecule has 9 atom stereocenters. The molecular formula is C46H77N5O7. The minimum Gasteiger partial charge on any atom is -0.379 e. The summed E-state index contributed by atoms with van der Waals surface area (Å²) in [5.41, 5.74) is 0.994. The van der Waals surface area contributed by atoms with Gasteiger partial charge in [-0.05, 0) is 42.6 Å². The molecule has 58 heavy (non-hydrogen) atoms. The lowest BCUT2D eigenvalue weighted by atomic mass is 9.83. The lowest BCUT2D eigenvalue weighted by Gasteiger charge is -2.41. The number of ketones is 2. The first kappa shape index (κ1) is 49.2. The first-order chi connectivity index (χ1) is 27.5. The Balaban J connectivity index is 1.79. The predicted octanol–water partition coefficient (Wildman–Crippen LogP) is 4.97. The van der Waals surface area contributed by atoms with E-state index < -0.39 is 36.0 Å². The van der Waals surface area contributed by atoms with Crippen LogP contribution in [0.3, 0.4) is 0 Å². The van der Waals surface area contributed by atoms with E-state index in [0.29, 0.717) is 19.4 Å². The Morgan fingerprint density at radius 1 is 0.810 bits per heavy atom. The molecule has 0 aromatic heterocycles. The number of hydrogen-bond acceptors (Lipinski definition) is 9. The Kier molecular flexibility index (Phi) is 20.0. The maximum Gasteiger partial charge on any atom is 0.226 e. The van der Waals surface area contributed by atoms with E-state index in [2.05, 4.69) is 37.9 Å². The van der Waals surface area contributed by atoms with Crippen LogP contribution < -0.4 is 5.32 Å². The normalized spacial score (nSPS) is 20.5. The maximum atomic E-state index is 14.5. The predicted molar refractivity (Wildman–Crippen MR) is 229 cm³/mol. The Bertz CT molecular complexity index is 1470. The van der Waals surface area contributed by atoms with E-state index in [9.17, 15) is 24.0 Å². The molecule has 1 unspecified atom stereocenters. The van der Waals surface area contributed by atoms with Gasteiger partial charge in [-0.1, -0.05) is 85.2 Å². The van der Waals surface area contributed by atoms with Gasteiger partial charge in [-0.3, -0.25) is 28.9 Å². The van der Waals surface area contributed by atoms with Crippen molar-refractivity contribution in [3.63, 3.8) is 0 Å². The van der Waals surface area contributed by atoms with Crippen molar-refractivity contribution >= 4 is 29.3 Å². The van der Waals surface area contributed by atoms with Crippen LogP contribution in [0.25, 0.3) is 0 Å². The third-order valence-corrected chi connectivity index (χ3v) is 13.0. The topological polar surface area (TPSA) is 129 Å². The van der Waals surface area contributed by atoms with Crippen molar-refractivity contribution in [3.05, 3.63) is 35.9 Å². The molecule has 0 saturated carbocycles. The van der Waals surface area contributed by atoms with Crippen molar-refractivity contribution < 1.29 is 33.4 Å². The fourth-order valence-electron chi connectivity index (χ4n) is 9.44. The van der Waals surface area contributed by atoms with E-state index >= 15 is 0 Å². The fourth-order valence-corrected chi connectivity index (χ4v) is 9.44. The summed E-state index contributed by atoms with van der Waals surface area (Å²) in [6.45, 7) is 18.0. The Labute approximate surface area is 350 Å². The number of likely N-dealkylation sites (tertiary alicyclic amines) is 1. The van der Waals surface area contributed by atoms with Gasteiger partial charge in [-0.2, -0.15) is 0 Å². The summed E-state index contributed by atoms with van der Waals surface area (Å²) in [6, 6.07) is 8.76. The van der Waals surface area contributed by atoms with Gasteiger partial charge in [0.2, 0.25) is 17.7 Å². The van der Waals surface area contributed by atoms with E-state index in [4.69, 9.17) is 9.47 Å². The van der Waals surface area contributed by atoms with Gasteiger partial charge in [0.1, 0.15) is 5.78 Å². The lowest BCUT2D eigenvalue weighted by molar-refractivity contribution is -0.149. The summed E-state index contributed by atoms with van der Waals surface area (Å²) in [7, 11) is 8.40. The third-order valence-electron chi connectivity index (χ3n) is 13.0. The Morgan fingerprint density at radius 2 is 1.45 bits per heavy atom. The van der Waals surface area contributed by atoms with E-state index in [1.165, 1.54) is 0 Å². The summed E-state index contributed by atoms with van der Waals surface area (Å²) in [6.07, 6.45) is 1.82. The van der Waals surface area contributed by atoms with Gasteiger partial charge in [-0.15, -0.1) is 0 Å². The van der Waals surface area contributed by atoms with E-state index in [0.717, 1.165) is 44.6 Å². The zero-order valence-corrected chi connectivity index (χ0v) is 37.9. The van der Waals surface area contributed by atoms with Crippen LogP contribution >= 0.6 is 0 Å². The highest BCUT2D eigenvalue weighted by Crippen LogP contribution is 2.32. The number of nitrogens with zero attached hydrogens (tertiary/aromatic N) is 4. The first-order valence-corrected chi connectivity index (χ1v) is 21.9. The fraction of sp³-hybridized carbons (Fsp3) is 0.761. The number of methoxy groups -OCH3 is 2. The quantitative estimate of drug-likeness (QED) is 0.163. The molecule has 2 saturated heterocycles. The molecule has 12 nitrogen and oxygen atoms in total. The molecule has 3 rings (SSSR count). The van der Waals surface area contributed by atoms with Gasteiger partial charge in [0.05, 0.1) is 36.8 Å². The number of benzene rings is 1. The largest absolute Gasteiger partial charge is 0.379 e. The number of likely N-dealkylation sites (N-methyl/N-ethyl adjacent to an activating group) is 1.